The van der Waals surface area contributed by atoms with Crippen LogP contribution < -0.4 is 15.9 Å². The van der Waals surface area contributed by atoms with E-state index in [1.54, 1.807) is 24.3 Å². The Morgan fingerprint density at radius 2 is 1.93 bits per heavy atom. The fourth-order valence-corrected chi connectivity index (χ4v) is 5.96. The summed E-state index contributed by atoms with van der Waals surface area (Å²) >= 11 is 7.40. The highest BCUT2D eigenvalue weighted by Gasteiger charge is 2.32. The Bertz CT molecular complexity index is 2090. The van der Waals surface area contributed by atoms with E-state index in [0.717, 1.165) is 17.4 Å². The molecule has 0 unspecified atom stereocenters. The van der Waals surface area contributed by atoms with Crippen molar-refractivity contribution in [2.45, 2.75) is 19.6 Å². The number of pyridine rings is 1. The molecule has 214 valence electrons. The van der Waals surface area contributed by atoms with Gasteiger partial charge >= 0.3 is 12.1 Å². The molecule has 5 rings (SSSR count). The number of aryl methyl sites for hydroxylation is 2. The molecule has 9 nitrogen and oxygen atoms in total. The monoisotopic (exact) mass is 614 g/mol. The van der Waals surface area contributed by atoms with E-state index in [-0.39, 0.29) is 46.7 Å². The van der Waals surface area contributed by atoms with Crippen LogP contribution in [0.5, 0.6) is 5.75 Å². The summed E-state index contributed by atoms with van der Waals surface area (Å²) in [5.74, 6) is -0.787. The molecule has 0 radical (unpaired) electrons. The first kappa shape index (κ1) is 28.8. The van der Waals surface area contributed by atoms with Crippen molar-refractivity contribution in [3.05, 3.63) is 90.0 Å². The van der Waals surface area contributed by atoms with Crippen LogP contribution in [0, 0.1) is 18.3 Å². The molecular formula is C28H18ClF3N4O5S. The van der Waals surface area contributed by atoms with Crippen molar-refractivity contribution in [2.24, 2.45) is 7.05 Å². The van der Waals surface area contributed by atoms with E-state index in [4.69, 9.17) is 16.3 Å². The number of nitrogens with zero attached hydrogens (tertiary/aromatic N) is 4. The molecule has 0 saturated heterocycles. The lowest BCUT2D eigenvalue weighted by Crippen LogP contribution is -2.27. The SMILES string of the molecule is Cc1nc2cc(C(F)(F)F)cc(C#N)c2c(=O)n1CCOc1ccc(Cl)cc1-c1cc(=O)n(C)c2c(C(=O)O)csc12. The van der Waals surface area contributed by atoms with E-state index in [1.807, 2.05) is 0 Å². The summed E-state index contributed by atoms with van der Waals surface area (Å²) < 4.78 is 48.8. The lowest BCUT2D eigenvalue weighted by atomic mass is 10.0. The molecule has 3 heterocycles. The number of thiophene rings is 1. The number of aromatic nitrogens is 3. The highest BCUT2D eigenvalue weighted by atomic mass is 35.5. The lowest BCUT2D eigenvalue weighted by Gasteiger charge is -2.16. The summed E-state index contributed by atoms with van der Waals surface area (Å²) in [5, 5.41) is 20.6. The Kier molecular flexibility index (Phi) is 7.30. The molecule has 0 atom stereocenters. The van der Waals surface area contributed by atoms with Gasteiger partial charge in [-0.1, -0.05) is 11.6 Å². The molecule has 0 bridgehead atoms. The average Bonchev–Trinajstić information content (AvgIpc) is 3.38. The standard InChI is InChI=1S/C28H18ClF3N4O5S/c1-13-34-20-8-15(28(30,31)32)7-14(11-33)23(20)26(38)36(13)5-6-41-21-4-3-16(29)9-17(21)18-10-22(37)35(2)24-19(27(39)40)12-42-25(18)24/h3-4,7-10,12H,5-6H2,1-2H3,(H,39,40). The van der Waals surface area contributed by atoms with Crippen molar-refractivity contribution >= 4 is 50.0 Å². The minimum atomic E-state index is -4.72. The summed E-state index contributed by atoms with van der Waals surface area (Å²) in [6, 6.07) is 9.04. The molecule has 0 saturated carbocycles. The summed E-state index contributed by atoms with van der Waals surface area (Å²) in [4.78, 5) is 42.0. The second-order valence-corrected chi connectivity index (χ2v) is 10.5. The maximum Gasteiger partial charge on any atom is 0.416 e. The molecule has 1 N–H and O–H groups in total. The van der Waals surface area contributed by atoms with Crippen LogP contribution in [0.15, 0.2) is 51.4 Å². The molecule has 0 aliphatic carbocycles. The van der Waals surface area contributed by atoms with Crippen LogP contribution in [0.25, 0.3) is 32.2 Å². The quantitative estimate of drug-likeness (QED) is 0.263. The van der Waals surface area contributed by atoms with Crippen LogP contribution in [0.3, 0.4) is 0 Å². The van der Waals surface area contributed by atoms with Gasteiger partial charge < -0.3 is 14.4 Å². The van der Waals surface area contributed by atoms with Crippen LogP contribution in [0.4, 0.5) is 13.2 Å². The molecule has 3 aromatic heterocycles. The third kappa shape index (κ3) is 4.99. The smallest absolute Gasteiger partial charge is 0.416 e. The van der Waals surface area contributed by atoms with E-state index in [0.29, 0.717) is 26.9 Å². The zero-order chi connectivity index (χ0) is 30.5. The second kappa shape index (κ2) is 10.6. The second-order valence-electron chi connectivity index (χ2n) is 9.22. The number of carbonyl (C=O) groups is 1. The molecule has 0 amide bonds. The van der Waals surface area contributed by atoms with E-state index in [9.17, 15) is 37.9 Å². The Morgan fingerprint density at radius 1 is 1.19 bits per heavy atom. The molecule has 14 heteroatoms. The van der Waals surface area contributed by atoms with Gasteiger partial charge in [0.15, 0.2) is 0 Å². The molecule has 0 spiro atoms. The Labute approximate surface area is 243 Å². The number of alkyl halides is 3. The first-order valence-electron chi connectivity index (χ1n) is 12.1. The van der Waals surface area contributed by atoms with Crippen LogP contribution in [-0.4, -0.2) is 31.8 Å². The highest BCUT2D eigenvalue weighted by molar-refractivity contribution is 7.18. The summed E-state index contributed by atoms with van der Waals surface area (Å²) in [5.41, 5.74) is -1.89. The van der Waals surface area contributed by atoms with Gasteiger partial charge in [-0.05, 0) is 37.3 Å². The van der Waals surface area contributed by atoms with E-state index in [1.165, 1.54) is 34.6 Å². The van der Waals surface area contributed by atoms with E-state index < -0.39 is 34.4 Å². The minimum Gasteiger partial charge on any atom is -0.491 e. The van der Waals surface area contributed by atoms with Crippen LogP contribution in [-0.2, 0) is 19.8 Å². The van der Waals surface area contributed by atoms with Crippen LogP contribution in [0.2, 0.25) is 5.02 Å². The number of ether oxygens (including phenoxy) is 1. The summed E-state index contributed by atoms with van der Waals surface area (Å²) in [6.45, 7) is 1.27. The van der Waals surface area contributed by atoms with Crippen LogP contribution in [0.1, 0.15) is 27.3 Å². The van der Waals surface area contributed by atoms with Gasteiger partial charge in [-0.25, -0.2) is 9.78 Å². The Morgan fingerprint density at radius 3 is 2.60 bits per heavy atom. The number of carboxylic acid groups (broad SMARTS) is 1. The normalized spacial score (nSPS) is 11.6. The molecule has 42 heavy (non-hydrogen) atoms. The van der Waals surface area contributed by atoms with Gasteiger partial charge in [0.2, 0.25) is 0 Å². The van der Waals surface area contributed by atoms with Crippen molar-refractivity contribution in [1.82, 2.24) is 14.1 Å². The van der Waals surface area contributed by atoms with Gasteiger partial charge in [0, 0.05) is 34.6 Å². The molecule has 5 aromatic rings. The van der Waals surface area contributed by atoms with Gasteiger partial charge in [0.25, 0.3) is 11.1 Å². The number of rotatable bonds is 6. The van der Waals surface area contributed by atoms with Crippen molar-refractivity contribution in [1.29, 1.82) is 5.26 Å². The van der Waals surface area contributed by atoms with Gasteiger partial charge in [0.1, 0.15) is 24.3 Å². The minimum absolute atomic E-state index is 0.0290. The topological polar surface area (TPSA) is 127 Å². The number of benzene rings is 2. The Hall–Kier alpha value is -4.67. The number of hydrogen-bond donors (Lipinski definition) is 1. The molecule has 0 fully saturated rings. The zero-order valence-corrected chi connectivity index (χ0v) is 23.3. The van der Waals surface area contributed by atoms with E-state index in [2.05, 4.69) is 4.98 Å². The van der Waals surface area contributed by atoms with Gasteiger partial charge in [0.05, 0.1) is 44.4 Å². The maximum absolute atomic E-state index is 13.3. The molecule has 0 aliphatic rings. The number of nitriles is 1. The van der Waals surface area contributed by atoms with Crippen LogP contribution >= 0.6 is 22.9 Å². The van der Waals surface area contributed by atoms with Crippen molar-refractivity contribution in [3.8, 4) is 22.9 Å². The Balaban J connectivity index is 1.53. The maximum atomic E-state index is 13.3. The van der Waals surface area contributed by atoms with Crippen molar-refractivity contribution < 1.29 is 27.8 Å². The molecule has 2 aromatic carbocycles. The lowest BCUT2D eigenvalue weighted by molar-refractivity contribution is -0.137. The third-order valence-corrected chi connectivity index (χ3v) is 7.91. The van der Waals surface area contributed by atoms with Gasteiger partial charge in [-0.2, -0.15) is 18.4 Å². The van der Waals surface area contributed by atoms with Crippen molar-refractivity contribution in [2.75, 3.05) is 6.61 Å². The first-order chi connectivity index (χ1) is 19.8. The molecule has 0 aliphatic heterocycles. The number of aromatic carboxylic acids is 1. The number of halogens is 4. The predicted molar refractivity (Wildman–Crippen MR) is 150 cm³/mol. The van der Waals surface area contributed by atoms with Gasteiger partial charge in [-0.15, -0.1) is 11.3 Å². The summed E-state index contributed by atoms with van der Waals surface area (Å²) in [7, 11) is 1.47. The zero-order valence-electron chi connectivity index (χ0n) is 21.7. The number of carboxylic acids is 1. The largest absolute Gasteiger partial charge is 0.491 e. The first-order valence-corrected chi connectivity index (χ1v) is 13.4. The summed E-state index contributed by atoms with van der Waals surface area (Å²) in [6.07, 6.45) is -4.72. The molecular weight excluding hydrogens is 597 g/mol. The fraction of sp³-hybridized carbons (Fsp3) is 0.179. The van der Waals surface area contributed by atoms with E-state index >= 15 is 0 Å². The number of fused-ring (bicyclic) bond motifs is 2. The predicted octanol–water partition coefficient (Wildman–Crippen LogP) is 5.61. The average molecular weight is 615 g/mol. The van der Waals surface area contributed by atoms with Crippen molar-refractivity contribution in [3.63, 3.8) is 0 Å². The highest BCUT2D eigenvalue weighted by Crippen LogP contribution is 2.39. The third-order valence-electron chi connectivity index (χ3n) is 6.68. The fourth-order valence-electron chi connectivity index (χ4n) is 4.68. The number of hydrogen-bond acceptors (Lipinski definition) is 7. The van der Waals surface area contributed by atoms with Gasteiger partial charge in [-0.3, -0.25) is 14.2 Å².